The average molecular weight is 484 g/mol. The molecule has 1 aliphatic rings. The van der Waals surface area contributed by atoms with Crippen LogP contribution in [0, 0.1) is 0 Å². The zero-order chi connectivity index (χ0) is 22.6. The molecule has 2 unspecified atom stereocenters. The number of hydrogen-bond donors (Lipinski definition) is 3. The topological polar surface area (TPSA) is 194 Å². The second-order valence-corrected chi connectivity index (χ2v) is 7.79. The number of methoxy groups -OCH3 is 1. The quantitative estimate of drug-likeness (QED) is 0.0961. The molecule has 2 heterocycles. The molecule has 164 valence electrons. The minimum atomic E-state index is -5.07. The molecular weight excluding hydrogens is 470 g/mol. The molecule has 30 heavy (non-hydrogen) atoms. The van der Waals surface area contributed by atoms with E-state index in [4.69, 9.17) is 16.2 Å². The van der Waals surface area contributed by atoms with Gasteiger partial charge in [0.2, 0.25) is 5.91 Å². The Labute approximate surface area is 178 Å². The number of alkyl halides is 1. The highest BCUT2D eigenvalue weighted by Crippen LogP contribution is 2.25. The number of esters is 1. The Kier molecular flexibility index (Phi) is 7.30. The van der Waals surface area contributed by atoms with Crippen LogP contribution in [0.15, 0.2) is 10.5 Å². The number of rotatable bonds is 8. The maximum Gasteiger partial charge on any atom is 0.363 e. The molecule has 0 spiro atoms. The van der Waals surface area contributed by atoms with Gasteiger partial charge in [0.05, 0.1) is 7.11 Å². The van der Waals surface area contributed by atoms with Gasteiger partial charge in [0.15, 0.2) is 16.9 Å². The van der Waals surface area contributed by atoms with Crippen LogP contribution in [0.3, 0.4) is 0 Å². The Morgan fingerprint density at radius 3 is 2.60 bits per heavy atom. The molecule has 0 radical (unpaired) electrons. The molecule has 1 aliphatic heterocycles. The van der Waals surface area contributed by atoms with E-state index in [-0.39, 0.29) is 21.0 Å². The van der Waals surface area contributed by atoms with Gasteiger partial charge in [-0.1, -0.05) is 5.16 Å². The first-order chi connectivity index (χ1) is 14.0. The summed E-state index contributed by atoms with van der Waals surface area (Å²) in [4.78, 5) is 56.4. The highest BCUT2D eigenvalue weighted by Gasteiger charge is 2.58. The number of nitrogens with one attached hydrogen (secondary N) is 2. The Balaban J connectivity index is 2.25. The summed E-state index contributed by atoms with van der Waals surface area (Å²) in [6.07, 6.45) is 0. The molecule has 0 saturated carbocycles. The van der Waals surface area contributed by atoms with Crippen LogP contribution in [-0.2, 0) is 39.1 Å². The van der Waals surface area contributed by atoms with Crippen LogP contribution in [0.2, 0.25) is 0 Å². The lowest BCUT2D eigenvalue weighted by Gasteiger charge is -2.41. The number of hydrogen-bond acceptors (Lipinski definition) is 11. The minimum absolute atomic E-state index is 0.0581. The van der Waals surface area contributed by atoms with Crippen molar-refractivity contribution in [1.82, 2.24) is 14.6 Å². The lowest BCUT2D eigenvalue weighted by atomic mass is 9.98. The number of thiazole rings is 1. The number of aromatic nitrogens is 1. The molecule has 1 saturated heterocycles. The van der Waals surface area contributed by atoms with E-state index in [0.717, 1.165) is 25.6 Å². The van der Waals surface area contributed by atoms with Gasteiger partial charge in [-0.15, -0.1) is 22.9 Å². The van der Waals surface area contributed by atoms with Gasteiger partial charge in [0.1, 0.15) is 24.7 Å². The molecule has 17 heteroatoms. The molecule has 1 aromatic rings. The zero-order valence-electron chi connectivity index (χ0n) is 15.2. The van der Waals surface area contributed by atoms with Gasteiger partial charge in [0.25, 0.3) is 11.8 Å². The normalized spacial score (nSPS) is 19.0. The number of β-lactam (4-membered cyclic amide) rings is 1. The van der Waals surface area contributed by atoms with Crippen molar-refractivity contribution in [2.24, 2.45) is 5.16 Å². The van der Waals surface area contributed by atoms with Crippen LogP contribution < -0.4 is 10.6 Å². The third-order valence-electron chi connectivity index (χ3n) is 3.54. The molecular formula is C13H14ClN5O9S2. The predicted octanol–water partition coefficient (Wildman–Crippen LogP) is -1.66. The van der Waals surface area contributed by atoms with E-state index in [0.29, 0.717) is 0 Å². The van der Waals surface area contributed by atoms with Crippen LogP contribution in [0.1, 0.15) is 5.69 Å². The molecule has 2 rings (SSSR count). The first-order valence-corrected chi connectivity index (χ1v) is 10.5. The molecule has 0 aromatic carbocycles. The van der Waals surface area contributed by atoms with Crippen LogP contribution >= 0.6 is 22.9 Å². The fourth-order valence-electron chi connectivity index (χ4n) is 2.31. The number of halogens is 1. The van der Waals surface area contributed by atoms with Crippen molar-refractivity contribution in [1.29, 1.82) is 0 Å². The molecule has 3 N–H and O–H groups in total. The van der Waals surface area contributed by atoms with Crippen molar-refractivity contribution < 1.29 is 41.7 Å². The van der Waals surface area contributed by atoms with Crippen molar-refractivity contribution in [3.8, 4) is 0 Å². The number of nitrogens with zero attached hydrogens (tertiary/aromatic N) is 3. The first-order valence-electron chi connectivity index (χ1n) is 7.67. The number of carbonyl (C=O) groups excluding carboxylic acids is 4. The maximum atomic E-state index is 12.6. The number of ether oxygens (including phenoxy) is 1. The number of anilines is 1. The van der Waals surface area contributed by atoms with Crippen molar-refractivity contribution in [2.45, 2.75) is 12.1 Å². The molecule has 3 amide bonds. The summed E-state index contributed by atoms with van der Waals surface area (Å²) in [5.41, 5.74) is -0.501. The molecule has 0 bridgehead atoms. The van der Waals surface area contributed by atoms with Crippen molar-refractivity contribution in [2.75, 3.05) is 25.4 Å². The van der Waals surface area contributed by atoms with Gasteiger partial charge in [-0.25, -0.2) is 9.78 Å². The fourth-order valence-corrected chi connectivity index (χ4v) is 3.92. The van der Waals surface area contributed by atoms with Gasteiger partial charge in [-0.2, -0.15) is 12.7 Å². The monoisotopic (exact) mass is 483 g/mol. The molecule has 1 fully saturated rings. The Morgan fingerprint density at radius 1 is 1.40 bits per heavy atom. The Hall–Kier alpha value is -2.82. The summed E-state index contributed by atoms with van der Waals surface area (Å²) in [6, 6.07) is -3.48. The van der Waals surface area contributed by atoms with Gasteiger partial charge in [0, 0.05) is 5.38 Å². The van der Waals surface area contributed by atoms with Crippen molar-refractivity contribution >= 4 is 67.8 Å². The van der Waals surface area contributed by atoms with Crippen LogP contribution in [0.4, 0.5) is 5.13 Å². The van der Waals surface area contributed by atoms with E-state index in [1.54, 1.807) is 0 Å². The average Bonchev–Trinajstić information content (AvgIpc) is 3.13. The van der Waals surface area contributed by atoms with Crippen LogP contribution in [0.5, 0.6) is 0 Å². The third-order valence-corrected chi connectivity index (χ3v) is 5.45. The first kappa shape index (κ1) is 23.5. The highest BCUT2D eigenvalue weighted by molar-refractivity contribution is 7.84. The second kappa shape index (κ2) is 9.33. The van der Waals surface area contributed by atoms with Gasteiger partial charge >= 0.3 is 16.3 Å². The molecule has 1 aromatic heterocycles. The predicted molar refractivity (Wildman–Crippen MR) is 101 cm³/mol. The number of amides is 3. The van der Waals surface area contributed by atoms with Gasteiger partial charge < -0.3 is 20.2 Å². The van der Waals surface area contributed by atoms with E-state index in [1.165, 1.54) is 5.38 Å². The third kappa shape index (κ3) is 4.84. The summed E-state index contributed by atoms with van der Waals surface area (Å²) < 4.78 is 36.0. The van der Waals surface area contributed by atoms with Crippen LogP contribution in [0.25, 0.3) is 0 Å². The minimum Gasteiger partial charge on any atom is -0.467 e. The fraction of sp³-hybridized carbons (Fsp3) is 0.385. The van der Waals surface area contributed by atoms with E-state index in [9.17, 15) is 27.6 Å². The summed E-state index contributed by atoms with van der Waals surface area (Å²) in [5.74, 6) is -4.39. The number of carbonyl (C=O) groups is 4. The summed E-state index contributed by atoms with van der Waals surface area (Å²) in [7, 11) is -3.01. The highest BCUT2D eigenvalue weighted by atomic mass is 35.5. The lowest BCUT2D eigenvalue weighted by Crippen LogP contribution is -2.74. The molecule has 14 nitrogen and oxygen atoms in total. The Bertz CT molecular complexity index is 1010. The summed E-state index contributed by atoms with van der Waals surface area (Å²) in [5, 5.41) is 9.42. The standard InChI is InChI=1S/C13H14ClN5O9S2/c1-27-12(23)9-8(11(22)19(9)30(24,25)26)17-10(21)7(18-28-2)5-4-29-13(15-5)16-6(20)3-14/h4,8-9H,3H2,1-2H3,(H,17,21)(H,15,16,20)(H,24,25,26). The molecule has 2 atom stereocenters. The number of oxime groups is 1. The van der Waals surface area contributed by atoms with E-state index < -0.39 is 51.8 Å². The van der Waals surface area contributed by atoms with E-state index >= 15 is 0 Å². The lowest BCUT2D eigenvalue weighted by molar-refractivity contribution is -0.162. The smallest absolute Gasteiger partial charge is 0.363 e. The SMILES string of the molecule is CON=C(C(=O)NC1C(=O)N(S(=O)(=O)O)C1C(=O)OC)c1csc(NC(=O)CCl)n1. The van der Waals surface area contributed by atoms with Crippen LogP contribution in [-0.4, -0.2) is 83.8 Å². The van der Waals surface area contributed by atoms with Crippen molar-refractivity contribution in [3.05, 3.63) is 11.1 Å². The largest absolute Gasteiger partial charge is 0.467 e. The van der Waals surface area contributed by atoms with Gasteiger partial charge in [-0.3, -0.25) is 18.9 Å². The van der Waals surface area contributed by atoms with E-state index in [2.05, 4.69) is 30.3 Å². The Morgan fingerprint density at radius 2 is 2.07 bits per heavy atom. The zero-order valence-corrected chi connectivity index (χ0v) is 17.6. The molecule has 0 aliphatic carbocycles. The van der Waals surface area contributed by atoms with E-state index in [1.807, 2.05) is 0 Å². The summed E-state index contributed by atoms with van der Waals surface area (Å²) >= 11 is 6.32. The van der Waals surface area contributed by atoms with Gasteiger partial charge in [-0.05, 0) is 0 Å². The summed E-state index contributed by atoms with van der Waals surface area (Å²) in [6.45, 7) is 0. The van der Waals surface area contributed by atoms with Crippen molar-refractivity contribution in [3.63, 3.8) is 0 Å². The maximum absolute atomic E-state index is 12.6. The second-order valence-electron chi connectivity index (χ2n) is 5.37.